The zero-order chi connectivity index (χ0) is 15.7. The van der Waals surface area contributed by atoms with Gasteiger partial charge in [0.2, 0.25) is 5.88 Å². The Morgan fingerprint density at radius 1 is 1.27 bits per heavy atom. The number of hydrogen-bond donors (Lipinski definition) is 1. The van der Waals surface area contributed by atoms with E-state index in [1.165, 1.54) is 9.13 Å². The zero-order valence-electron chi connectivity index (χ0n) is 11.8. The van der Waals surface area contributed by atoms with Crippen molar-refractivity contribution < 1.29 is 5.11 Å². The van der Waals surface area contributed by atoms with Crippen molar-refractivity contribution in [3.63, 3.8) is 0 Å². The number of allylic oxidation sites excluding steroid dienone is 2. The van der Waals surface area contributed by atoms with Gasteiger partial charge in [0.05, 0.1) is 11.4 Å². The van der Waals surface area contributed by atoms with Gasteiger partial charge in [-0.25, -0.2) is 0 Å². The highest BCUT2D eigenvalue weighted by atomic mass is 32.1. The molecule has 110 valence electrons. The molecule has 0 bridgehead atoms. The molecule has 0 aliphatic carbocycles. The van der Waals surface area contributed by atoms with Gasteiger partial charge < -0.3 is 5.11 Å². The largest absolute Gasteiger partial charge is 0.494 e. The molecule has 0 fully saturated rings. The molecule has 0 spiro atoms. The smallest absolute Gasteiger partial charge is 0.270 e. The lowest BCUT2D eigenvalue weighted by atomic mass is 10.2. The van der Waals surface area contributed by atoms with Gasteiger partial charge >= 0.3 is 0 Å². The first-order valence-corrected chi connectivity index (χ1v) is 7.03. The first-order chi connectivity index (χ1) is 10.6. The van der Waals surface area contributed by atoms with Gasteiger partial charge in [-0.3, -0.25) is 18.9 Å². The summed E-state index contributed by atoms with van der Waals surface area (Å²) in [5.41, 5.74) is 1.02. The van der Waals surface area contributed by atoms with E-state index in [0.717, 1.165) is 0 Å². The Morgan fingerprint density at radius 3 is 2.64 bits per heavy atom. The second kappa shape index (κ2) is 5.57. The minimum absolute atomic E-state index is 0.152. The SMILES string of the molecule is Cn1c(O)c(C=C2C=CC=N2)c(=O)n(-c2ccccc2)c1=S. The van der Waals surface area contributed by atoms with E-state index in [1.54, 1.807) is 43.6 Å². The van der Waals surface area contributed by atoms with Crippen LogP contribution in [0.25, 0.3) is 11.8 Å². The van der Waals surface area contributed by atoms with E-state index >= 15 is 0 Å². The molecular weight excluding hydrogens is 298 g/mol. The molecule has 2 heterocycles. The maximum absolute atomic E-state index is 12.8. The Hall–Kier alpha value is -2.73. The summed E-state index contributed by atoms with van der Waals surface area (Å²) in [6, 6.07) is 9.09. The lowest BCUT2D eigenvalue weighted by Crippen LogP contribution is -2.25. The summed E-state index contributed by atoms with van der Waals surface area (Å²) >= 11 is 5.29. The van der Waals surface area contributed by atoms with Crippen LogP contribution < -0.4 is 5.56 Å². The Morgan fingerprint density at radius 2 is 2.00 bits per heavy atom. The van der Waals surface area contributed by atoms with Gasteiger partial charge in [-0.15, -0.1) is 0 Å². The second-order valence-electron chi connectivity index (χ2n) is 4.76. The third-order valence-corrected chi connectivity index (χ3v) is 3.81. The number of nitrogens with zero attached hydrogens (tertiary/aromatic N) is 3. The van der Waals surface area contributed by atoms with Crippen molar-refractivity contribution in [2.75, 3.05) is 0 Å². The van der Waals surface area contributed by atoms with E-state index < -0.39 is 0 Å². The van der Waals surface area contributed by atoms with Crippen LogP contribution in [0, 0.1) is 4.77 Å². The highest BCUT2D eigenvalue weighted by Gasteiger charge is 2.15. The van der Waals surface area contributed by atoms with Crippen molar-refractivity contribution in [2.24, 2.45) is 12.0 Å². The number of aromatic hydroxyl groups is 1. The van der Waals surface area contributed by atoms with Gasteiger partial charge in [-0.1, -0.05) is 18.2 Å². The van der Waals surface area contributed by atoms with E-state index in [9.17, 15) is 9.90 Å². The number of aromatic nitrogens is 2. The van der Waals surface area contributed by atoms with E-state index in [4.69, 9.17) is 12.2 Å². The van der Waals surface area contributed by atoms with Crippen LogP contribution in [0.4, 0.5) is 0 Å². The number of aliphatic imine (C=N–C) groups is 1. The van der Waals surface area contributed by atoms with Crippen LogP contribution in [-0.4, -0.2) is 20.5 Å². The third-order valence-electron chi connectivity index (χ3n) is 3.35. The Kier molecular flexibility index (Phi) is 3.60. The molecule has 1 aliphatic rings. The van der Waals surface area contributed by atoms with Gasteiger partial charge in [0.1, 0.15) is 5.56 Å². The van der Waals surface area contributed by atoms with Crippen LogP contribution in [0.1, 0.15) is 5.56 Å². The molecule has 6 heteroatoms. The minimum Gasteiger partial charge on any atom is -0.494 e. The van der Waals surface area contributed by atoms with Crippen LogP contribution in [0.15, 0.2) is 58.0 Å². The highest BCUT2D eigenvalue weighted by Crippen LogP contribution is 2.19. The van der Waals surface area contributed by atoms with Crippen molar-refractivity contribution in [1.82, 2.24) is 9.13 Å². The first-order valence-electron chi connectivity index (χ1n) is 6.62. The predicted molar refractivity (Wildman–Crippen MR) is 89.1 cm³/mol. The maximum atomic E-state index is 12.8. The average Bonchev–Trinajstić information content (AvgIpc) is 3.04. The average molecular weight is 311 g/mol. The van der Waals surface area contributed by atoms with Crippen molar-refractivity contribution in [3.8, 4) is 11.6 Å². The monoisotopic (exact) mass is 311 g/mol. The standard InChI is InChI=1S/C16H13N3O2S/c1-18-14(20)13(10-11-6-5-9-17-11)15(21)19(16(18)22)12-7-3-2-4-8-12/h2-10,20H,1H3. The fraction of sp³-hybridized carbons (Fsp3) is 0.0625. The molecule has 1 aromatic carbocycles. The maximum Gasteiger partial charge on any atom is 0.270 e. The molecule has 0 atom stereocenters. The predicted octanol–water partition coefficient (Wildman–Crippen LogP) is 2.59. The van der Waals surface area contributed by atoms with Crippen molar-refractivity contribution in [1.29, 1.82) is 0 Å². The first kappa shape index (κ1) is 14.2. The molecule has 1 aromatic heterocycles. The van der Waals surface area contributed by atoms with Crippen LogP contribution in [0.2, 0.25) is 0 Å². The molecule has 0 saturated carbocycles. The summed E-state index contributed by atoms with van der Waals surface area (Å²) in [5, 5.41) is 10.3. The summed E-state index contributed by atoms with van der Waals surface area (Å²) in [5.74, 6) is -0.176. The van der Waals surface area contributed by atoms with Crippen LogP contribution >= 0.6 is 12.2 Å². The second-order valence-corrected chi connectivity index (χ2v) is 5.13. The summed E-state index contributed by atoms with van der Waals surface area (Å²) in [7, 11) is 1.62. The van der Waals surface area contributed by atoms with Crippen LogP contribution in [-0.2, 0) is 7.05 Å². The van der Waals surface area contributed by atoms with E-state index in [-0.39, 0.29) is 21.8 Å². The van der Waals surface area contributed by atoms with Gasteiger partial charge in [-0.05, 0) is 42.6 Å². The number of hydrogen-bond acceptors (Lipinski definition) is 4. The zero-order valence-corrected chi connectivity index (χ0v) is 12.6. The van der Waals surface area contributed by atoms with Gasteiger partial charge in [-0.2, -0.15) is 0 Å². The topological polar surface area (TPSA) is 59.5 Å². The fourth-order valence-corrected chi connectivity index (χ4v) is 2.48. The molecule has 1 N–H and O–H groups in total. The molecule has 0 radical (unpaired) electrons. The minimum atomic E-state index is -0.380. The molecule has 3 rings (SSSR count). The number of para-hydroxylation sites is 1. The van der Waals surface area contributed by atoms with Crippen molar-refractivity contribution in [2.45, 2.75) is 0 Å². The Labute approximate surface area is 131 Å². The quantitative estimate of drug-likeness (QED) is 0.867. The normalized spacial score (nSPS) is 14.9. The van der Waals surface area contributed by atoms with Gasteiger partial charge in [0, 0.05) is 13.3 Å². The molecule has 5 nitrogen and oxygen atoms in total. The number of rotatable bonds is 2. The Bertz CT molecular complexity index is 920. The van der Waals surface area contributed by atoms with E-state index in [1.807, 2.05) is 18.2 Å². The molecule has 0 amide bonds. The third kappa shape index (κ3) is 2.33. The fourth-order valence-electron chi connectivity index (χ4n) is 2.20. The van der Waals surface area contributed by atoms with Gasteiger partial charge in [0.15, 0.2) is 4.77 Å². The van der Waals surface area contributed by atoms with E-state index in [2.05, 4.69) is 4.99 Å². The lowest BCUT2D eigenvalue weighted by Gasteiger charge is -2.13. The molecule has 0 unspecified atom stereocenters. The highest BCUT2D eigenvalue weighted by molar-refractivity contribution is 7.71. The summed E-state index contributed by atoms with van der Waals surface area (Å²) in [4.78, 5) is 16.9. The molecule has 1 aliphatic heterocycles. The van der Waals surface area contributed by atoms with Crippen molar-refractivity contribution in [3.05, 3.63) is 68.9 Å². The van der Waals surface area contributed by atoms with Gasteiger partial charge in [0.25, 0.3) is 5.56 Å². The molecule has 0 saturated heterocycles. The summed E-state index contributed by atoms with van der Waals surface area (Å²) in [6.07, 6.45) is 6.69. The summed E-state index contributed by atoms with van der Waals surface area (Å²) in [6.45, 7) is 0. The van der Waals surface area contributed by atoms with Crippen LogP contribution in [0.3, 0.4) is 0 Å². The molecular formula is C16H13N3O2S. The molecule has 2 aromatic rings. The Balaban J connectivity index is 2.33. The summed E-state index contributed by atoms with van der Waals surface area (Å²) < 4.78 is 3.02. The van der Waals surface area contributed by atoms with E-state index in [0.29, 0.717) is 11.4 Å². The van der Waals surface area contributed by atoms with Crippen molar-refractivity contribution >= 4 is 24.5 Å². The van der Waals surface area contributed by atoms with Crippen LogP contribution in [0.5, 0.6) is 5.88 Å². The molecule has 22 heavy (non-hydrogen) atoms. The number of benzene rings is 1. The lowest BCUT2D eigenvalue weighted by molar-refractivity contribution is 0.416.